The van der Waals surface area contributed by atoms with Crippen LogP contribution in [0.3, 0.4) is 0 Å². The molecule has 5 unspecified atom stereocenters. The van der Waals surface area contributed by atoms with E-state index in [0.717, 1.165) is 29.5 Å². The van der Waals surface area contributed by atoms with E-state index in [1.54, 1.807) is 25.7 Å². The van der Waals surface area contributed by atoms with Crippen LogP contribution in [0.1, 0.15) is 84.0 Å². The molecule has 2 aromatic carbocycles. The summed E-state index contributed by atoms with van der Waals surface area (Å²) in [6.07, 6.45) is 1.72. The van der Waals surface area contributed by atoms with Crippen LogP contribution in [0, 0.1) is 11.8 Å². The summed E-state index contributed by atoms with van der Waals surface area (Å²) in [4.78, 5) is 42.8. The van der Waals surface area contributed by atoms with Crippen molar-refractivity contribution in [2.75, 3.05) is 0 Å². The van der Waals surface area contributed by atoms with Crippen molar-refractivity contribution in [3.63, 3.8) is 0 Å². The largest absolute Gasteiger partial charge is 0.444 e. The molecule has 3 amide bonds. The highest BCUT2D eigenvalue weighted by molar-refractivity contribution is 5.92. The maximum absolute atomic E-state index is 14.4. The molecule has 39 heavy (non-hydrogen) atoms. The summed E-state index contributed by atoms with van der Waals surface area (Å²) in [5.41, 5.74) is 2.20. The maximum Gasteiger partial charge on any atom is 0.408 e. The zero-order chi connectivity index (χ0) is 28.7. The van der Waals surface area contributed by atoms with E-state index in [9.17, 15) is 14.4 Å². The fourth-order valence-corrected chi connectivity index (χ4v) is 4.71. The molecule has 1 fully saturated rings. The number of nitrogens with zero attached hydrogens (tertiary/aromatic N) is 1. The molecular formula is C32H45N3O4. The van der Waals surface area contributed by atoms with Gasteiger partial charge < -0.3 is 20.3 Å². The molecule has 0 spiro atoms. The van der Waals surface area contributed by atoms with Crippen molar-refractivity contribution in [3.05, 3.63) is 71.3 Å². The van der Waals surface area contributed by atoms with Crippen molar-refractivity contribution in [1.82, 2.24) is 15.5 Å². The summed E-state index contributed by atoms with van der Waals surface area (Å²) >= 11 is 0. The zero-order valence-corrected chi connectivity index (χ0v) is 24.5. The topological polar surface area (TPSA) is 87.7 Å². The predicted octanol–water partition coefficient (Wildman–Crippen LogP) is 5.78. The fraction of sp³-hybridized carbons (Fsp3) is 0.531. The Morgan fingerprint density at radius 1 is 1.00 bits per heavy atom. The van der Waals surface area contributed by atoms with Crippen molar-refractivity contribution in [2.24, 2.45) is 11.8 Å². The number of alkyl carbamates (subject to hydrolysis) is 1. The molecule has 1 aliphatic rings. The molecule has 0 aromatic heterocycles. The van der Waals surface area contributed by atoms with Gasteiger partial charge in [-0.3, -0.25) is 9.59 Å². The number of amides is 3. The summed E-state index contributed by atoms with van der Waals surface area (Å²) in [5.74, 6) is -0.399. The van der Waals surface area contributed by atoms with E-state index in [2.05, 4.69) is 24.5 Å². The zero-order valence-electron chi connectivity index (χ0n) is 24.5. The monoisotopic (exact) mass is 535 g/mol. The lowest BCUT2D eigenvalue weighted by Gasteiger charge is -2.36. The van der Waals surface area contributed by atoms with Gasteiger partial charge in [0.1, 0.15) is 17.7 Å². The molecule has 7 heteroatoms. The molecule has 0 radical (unpaired) electrons. The van der Waals surface area contributed by atoms with Crippen LogP contribution >= 0.6 is 0 Å². The van der Waals surface area contributed by atoms with Gasteiger partial charge in [0.25, 0.3) is 0 Å². The number of aryl methyl sites for hydroxylation is 1. The smallest absolute Gasteiger partial charge is 0.408 e. The van der Waals surface area contributed by atoms with Crippen molar-refractivity contribution >= 4 is 17.9 Å². The first kappa shape index (κ1) is 30.2. The molecular weight excluding hydrogens is 490 g/mol. The first-order chi connectivity index (χ1) is 18.4. The van der Waals surface area contributed by atoms with Gasteiger partial charge in [-0.2, -0.15) is 0 Å². The lowest BCUT2D eigenvalue weighted by Crippen LogP contribution is -2.56. The standard InChI is InChI=1S/C32H45N3O4/c1-8-21(3)27(34-31(38)39-32(5,6)7)30(37)35(26-19-22(26)4)28(25-17-15-23(9-2)16-18-25)29(36)33-20-24-13-11-10-12-14-24/h10-18,21-22,26-28H,8-9,19-20H2,1-7H3,(H,33,36)(H,34,38). The first-order valence-corrected chi connectivity index (χ1v) is 14.2. The van der Waals surface area contributed by atoms with Gasteiger partial charge in [0.2, 0.25) is 11.8 Å². The van der Waals surface area contributed by atoms with Gasteiger partial charge in [-0.15, -0.1) is 0 Å². The summed E-state index contributed by atoms with van der Waals surface area (Å²) in [6, 6.07) is 15.9. The van der Waals surface area contributed by atoms with E-state index in [-0.39, 0.29) is 29.7 Å². The summed E-state index contributed by atoms with van der Waals surface area (Å²) in [7, 11) is 0. The molecule has 0 saturated heterocycles. The number of ether oxygens (including phenoxy) is 1. The summed E-state index contributed by atoms with van der Waals surface area (Å²) in [6.45, 7) is 13.8. The molecule has 0 heterocycles. The minimum absolute atomic E-state index is 0.0946. The van der Waals surface area contributed by atoms with E-state index in [1.807, 2.05) is 68.4 Å². The lowest BCUT2D eigenvalue weighted by molar-refractivity contribution is -0.144. The molecule has 5 atom stereocenters. The molecule has 0 bridgehead atoms. The Balaban J connectivity index is 1.98. The Labute approximate surface area is 233 Å². The van der Waals surface area contributed by atoms with Crippen LogP contribution in [-0.2, 0) is 27.3 Å². The Morgan fingerprint density at radius 3 is 2.13 bits per heavy atom. The third-order valence-electron chi connectivity index (χ3n) is 7.37. The number of hydrogen-bond donors (Lipinski definition) is 2. The van der Waals surface area contributed by atoms with Crippen LogP contribution in [0.5, 0.6) is 0 Å². The van der Waals surface area contributed by atoms with Crippen LogP contribution in [-0.4, -0.2) is 40.5 Å². The minimum Gasteiger partial charge on any atom is -0.444 e. The van der Waals surface area contributed by atoms with E-state index >= 15 is 0 Å². The van der Waals surface area contributed by atoms with E-state index in [0.29, 0.717) is 13.0 Å². The average Bonchev–Trinajstić information content (AvgIpc) is 3.63. The van der Waals surface area contributed by atoms with Gasteiger partial charge in [0.05, 0.1) is 0 Å². The second-order valence-electron chi connectivity index (χ2n) is 11.7. The number of benzene rings is 2. The van der Waals surface area contributed by atoms with Gasteiger partial charge in [0.15, 0.2) is 0 Å². The molecule has 1 saturated carbocycles. The molecule has 2 N–H and O–H groups in total. The Kier molecular flexibility index (Phi) is 10.2. The number of nitrogens with one attached hydrogen (secondary N) is 2. The molecule has 0 aliphatic heterocycles. The van der Waals surface area contributed by atoms with Crippen LogP contribution in [0.4, 0.5) is 4.79 Å². The van der Waals surface area contributed by atoms with E-state index < -0.39 is 23.8 Å². The number of carbonyl (C=O) groups is 3. The van der Waals surface area contributed by atoms with Gasteiger partial charge in [0, 0.05) is 12.6 Å². The summed E-state index contributed by atoms with van der Waals surface area (Å²) < 4.78 is 5.50. The Morgan fingerprint density at radius 2 is 1.62 bits per heavy atom. The van der Waals surface area contributed by atoms with Gasteiger partial charge in [-0.05, 0) is 62.1 Å². The van der Waals surface area contributed by atoms with Gasteiger partial charge in [-0.1, -0.05) is 88.7 Å². The summed E-state index contributed by atoms with van der Waals surface area (Å²) in [5, 5.41) is 5.91. The van der Waals surface area contributed by atoms with Crippen LogP contribution in [0.15, 0.2) is 54.6 Å². The van der Waals surface area contributed by atoms with Gasteiger partial charge >= 0.3 is 6.09 Å². The quantitative estimate of drug-likeness (QED) is 0.382. The van der Waals surface area contributed by atoms with Crippen molar-refractivity contribution in [3.8, 4) is 0 Å². The molecule has 7 nitrogen and oxygen atoms in total. The maximum atomic E-state index is 14.4. The minimum atomic E-state index is -0.825. The predicted molar refractivity (Wildman–Crippen MR) is 154 cm³/mol. The SMILES string of the molecule is CCc1ccc(C(C(=O)NCc2ccccc2)N(C(=O)C(NC(=O)OC(C)(C)C)C(C)CC)C2CC2C)cc1. The second-order valence-corrected chi connectivity index (χ2v) is 11.7. The van der Waals surface area contributed by atoms with Crippen LogP contribution < -0.4 is 10.6 Å². The second kappa shape index (κ2) is 13.1. The van der Waals surface area contributed by atoms with Crippen molar-refractivity contribution < 1.29 is 19.1 Å². The highest BCUT2D eigenvalue weighted by atomic mass is 16.6. The normalized spacial score (nSPS) is 18.8. The van der Waals surface area contributed by atoms with E-state index in [1.165, 1.54) is 0 Å². The highest BCUT2D eigenvalue weighted by Gasteiger charge is 2.48. The Hall–Kier alpha value is -3.35. The molecule has 2 aromatic rings. The number of carbonyl (C=O) groups excluding carboxylic acids is 3. The van der Waals surface area contributed by atoms with Crippen molar-refractivity contribution in [1.29, 1.82) is 0 Å². The lowest BCUT2D eigenvalue weighted by atomic mass is 9.95. The fourth-order valence-electron chi connectivity index (χ4n) is 4.71. The average molecular weight is 536 g/mol. The number of rotatable bonds is 11. The molecule has 1 aliphatic carbocycles. The first-order valence-electron chi connectivity index (χ1n) is 14.2. The number of hydrogen-bond acceptors (Lipinski definition) is 4. The van der Waals surface area contributed by atoms with Crippen molar-refractivity contribution in [2.45, 2.75) is 98.0 Å². The third kappa shape index (κ3) is 8.32. The van der Waals surface area contributed by atoms with E-state index in [4.69, 9.17) is 4.74 Å². The Bertz CT molecular complexity index is 1110. The van der Waals surface area contributed by atoms with Crippen LogP contribution in [0.2, 0.25) is 0 Å². The molecule has 3 rings (SSSR count). The van der Waals surface area contributed by atoms with Gasteiger partial charge in [-0.25, -0.2) is 4.79 Å². The third-order valence-corrected chi connectivity index (χ3v) is 7.37. The molecule has 212 valence electrons. The highest BCUT2D eigenvalue weighted by Crippen LogP contribution is 2.41. The van der Waals surface area contributed by atoms with Crippen LogP contribution in [0.25, 0.3) is 0 Å².